The third-order valence-corrected chi connectivity index (χ3v) is 5.33. The highest BCUT2D eigenvalue weighted by atomic mass is 32.1. The van der Waals surface area contributed by atoms with Crippen LogP contribution in [-0.4, -0.2) is 38.5 Å². The molecular formula is C20H23NO6S. The summed E-state index contributed by atoms with van der Waals surface area (Å²) in [4.78, 5) is 36.6. The van der Waals surface area contributed by atoms with Crippen molar-refractivity contribution >= 4 is 34.5 Å². The molecule has 0 bridgehead atoms. The normalized spacial score (nSPS) is 10.3. The molecule has 2 rings (SSSR count). The number of benzene rings is 1. The van der Waals surface area contributed by atoms with Crippen LogP contribution in [-0.2, 0) is 16.0 Å². The second-order valence-corrected chi connectivity index (χ2v) is 6.90. The van der Waals surface area contributed by atoms with Crippen molar-refractivity contribution < 1.29 is 28.6 Å². The van der Waals surface area contributed by atoms with Crippen LogP contribution in [0.25, 0.3) is 0 Å². The van der Waals surface area contributed by atoms with Gasteiger partial charge in [-0.2, -0.15) is 0 Å². The maximum atomic E-state index is 12.4. The number of methoxy groups -OCH3 is 1. The molecule has 0 atom stereocenters. The van der Waals surface area contributed by atoms with Crippen molar-refractivity contribution in [2.45, 2.75) is 27.2 Å². The Bertz CT molecular complexity index is 874. The first-order valence-electron chi connectivity index (χ1n) is 8.80. The lowest BCUT2D eigenvalue weighted by Gasteiger charge is -2.11. The minimum Gasteiger partial charge on any atom is -0.493 e. The molecule has 0 aliphatic carbocycles. The zero-order valence-electron chi connectivity index (χ0n) is 16.3. The van der Waals surface area contributed by atoms with Crippen molar-refractivity contribution in [2.75, 3.05) is 25.6 Å². The molecule has 1 amide bonds. The first kappa shape index (κ1) is 21.4. The van der Waals surface area contributed by atoms with Gasteiger partial charge in [-0.25, -0.2) is 4.79 Å². The van der Waals surface area contributed by atoms with E-state index in [2.05, 4.69) is 5.32 Å². The summed E-state index contributed by atoms with van der Waals surface area (Å²) in [5, 5.41) is 3.16. The minimum absolute atomic E-state index is 0.249. The predicted octanol–water partition coefficient (Wildman–Crippen LogP) is 3.63. The van der Waals surface area contributed by atoms with E-state index in [9.17, 15) is 14.4 Å². The number of carbonyl (C=O) groups is 3. The SMILES string of the molecule is CCOC(=O)c1c(NC(=O)COc2cc(C=O)ccc2OC)sc(CC)c1C. The monoisotopic (exact) mass is 405 g/mol. The summed E-state index contributed by atoms with van der Waals surface area (Å²) >= 11 is 1.34. The van der Waals surface area contributed by atoms with Crippen molar-refractivity contribution in [1.29, 1.82) is 0 Å². The highest BCUT2D eigenvalue weighted by Gasteiger charge is 2.23. The van der Waals surface area contributed by atoms with E-state index in [1.165, 1.54) is 24.5 Å². The van der Waals surface area contributed by atoms with E-state index in [-0.39, 0.29) is 19.0 Å². The van der Waals surface area contributed by atoms with Gasteiger partial charge in [-0.05, 0) is 44.0 Å². The number of aldehydes is 1. The third kappa shape index (κ3) is 4.89. The Morgan fingerprint density at radius 1 is 1.21 bits per heavy atom. The fourth-order valence-corrected chi connectivity index (χ4v) is 3.77. The number of ether oxygens (including phenoxy) is 3. The largest absolute Gasteiger partial charge is 0.493 e. The van der Waals surface area contributed by atoms with E-state index >= 15 is 0 Å². The molecule has 7 nitrogen and oxygen atoms in total. The average Bonchev–Trinajstić information content (AvgIpc) is 3.01. The van der Waals surface area contributed by atoms with Gasteiger partial charge in [0.25, 0.3) is 5.91 Å². The summed E-state index contributed by atoms with van der Waals surface area (Å²) in [6.45, 7) is 5.49. The van der Waals surface area contributed by atoms with Crippen LogP contribution in [0.1, 0.15) is 45.0 Å². The van der Waals surface area contributed by atoms with Crippen molar-refractivity contribution in [3.8, 4) is 11.5 Å². The molecule has 1 aromatic carbocycles. The summed E-state index contributed by atoms with van der Waals surface area (Å²) in [6.07, 6.45) is 1.42. The lowest BCUT2D eigenvalue weighted by molar-refractivity contribution is -0.118. The molecule has 0 spiro atoms. The van der Waals surface area contributed by atoms with Gasteiger partial charge in [-0.1, -0.05) is 6.92 Å². The maximum Gasteiger partial charge on any atom is 0.341 e. The molecule has 2 aromatic rings. The second kappa shape index (κ2) is 9.89. The first-order valence-corrected chi connectivity index (χ1v) is 9.61. The van der Waals surface area contributed by atoms with Gasteiger partial charge in [-0.3, -0.25) is 9.59 Å². The topological polar surface area (TPSA) is 90.9 Å². The standard InChI is InChI=1S/C20H23NO6S/c1-5-16-12(3)18(20(24)26-6-2)19(28-16)21-17(23)11-27-15-9-13(10-22)7-8-14(15)25-4/h7-10H,5-6,11H2,1-4H3,(H,21,23). The zero-order chi connectivity index (χ0) is 20.7. The second-order valence-electron chi connectivity index (χ2n) is 5.79. The van der Waals surface area contributed by atoms with Crippen LogP contribution in [0.2, 0.25) is 0 Å². The number of hydrogen-bond donors (Lipinski definition) is 1. The molecule has 28 heavy (non-hydrogen) atoms. The molecule has 0 radical (unpaired) electrons. The molecule has 0 aliphatic rings. The predicted molar refractivity (Wildman–Crippen MR) is 107 cm³/mol. The van der Waals surface area contributed by atoms with E-state index < -0.39 is 11.9 Å². The third-order valence-electron chi connectivity index (χ3n) is 3.98. The Kier molecular flexibility index (Phi) is 7.57. The highest BCUT2D eigenvalue weighted by Crippen LogP contribution is 2.34. The molecule has 1 heterocycles. The molecular weight excluding hydrogens is 382 g/mol. The number of thiophene rings is 1. The van der Waals surface area contributed by atoms with E-state index in [0.717, 1.165) is 16.9 Å². The molecule has 1 N–H and O–H groups in total. The van der Waals surface area contributed by atoms with Gasteiger partial charge in [0, 0.05) is 10.4 Å². The Morgan fingerprint density at radius 2 is 1.96 bits per heavy atom. The molecule has 0 aliphatic heterocycles. The van der Waals surface area contributed by atoms with Crippen LogP contribution in [0.15, 0.2) is 18.2 Å². The smallest absolute Gasteiger partial charge is 0.341 e. The van der Waals surface area contributed by atoms with Crippen molar-refractivity contribution in [1.82, 2.24) is 0 Å². The van der Waals surface area contributed by atoms with Crippen molar-refractivity contribution in [3.63, 3.8) is 0 Å². The van der Waals surface area contributed by atoms with E-state index in [1.54, 1.807) is 19.1 Å². The number of carbonyl (C=O) groups excluding carboxylic acids is 3. The van der Waals surface area contributed by atoms with Crippen LogP contribution in [0.3, 0.4) is 0 Å². The summed E-state index contributed by atoms with van der Waals surface area (Å²) in [6, 6.07) is 4.67. The van der Waals surface area contributed by atoms with Gasteiger partial charge < -0.3 is 19.5 Å². The molecule has 0 saturated heterocycles. The average molecular weight is 405 g/mol. The van der Waals surface area contributed by atoms with E-state index in [4.69, 9.17) is 14.2 Å². The molecule has 8 heteroatoms. The van der Waals surface area contributed by atoms with Crippen LogP contribution in [0.4, 0.5) is 5.00 Å². The van der Waals surface area contributed by atoms with Gasteiger partial charge >= 0.3 is 5.97 Å². The first-order chi connectivity index (χ1) is 13.4. The highest BCUT2D eigenvalue weighted by molar-refractivity contribution is 7.17. The van der Waals surface area contributed by atoms with Gasteiger partial charge in [0.1, 0.15) is 11.3 Å². The number of esters is 1. The zero-order valence-corrected chi connectivity index (χ0v) is 17.1. The van der Waals surface area contributed by atoms with Crippen LogP contribution in [0.5, 0.6) is 11.5 Å². The fraction of sp³-hybridized carbons (Fsp3) is 0.350. The Hall–Kier alpha value is -2.87. The minimum atomic E-state index is -0.465. The van der Waals surface area contributed by atoms with Crippen LogP contribution >= 0.6 is 11.3 Å². The Balaban J connectivity index is 2.15. The van der Waals surface area contributed by atoms with Crippen molar-refractivity contribution in [3.05, 3.63) is 39.8 Å². The Morgan fingerprint density at radius 3 is 2.57 bits per heavy atom. The summed E-state index contributed by atoms with van der Waals surface area (Å²) in [5.74, 6) is -0.212. The lowest BCUT2D eigenvalue weighted by Crippen LogP contribution is -2.21. The van der Waals surface area contributed by atoms with Gasteiger partial charge in [0.2, 0.25) is 0 Å². The molecule has 150 valence electrons. The number of anilines is 1. The number of aryl methyl sites for hydroxylation is 1. The Labute approximate surface area is 167 Å². The number of nitrogens with one attached hydrogen (secondary N) is 1. The molecule has 0 fully saturated rings. The van der Waals surface area contributed by atoms with E-state index in [0.29, 0.717) is 28.2 Å². The molecule has 0 unspecified atom stereocenters. The van der Waals surface area contributed by atoms with Crippen molar-refractivity contribution in [2.24, 2.45) is 0 Å². The number of rotatable bonds is 9. The van der Waals surface area contributed by atoms with Crippen LogP contribution < -0.4 is 14.8 Å². The number of hydrogen-bond acceptors (Lipinski definition) is 7. The number of amides is 1. The van der Waals surface area contributed by atoms with Gasteiger partial charge in [0.05, 0.1) is 19.3 Å². The summed E-state index contributed by atoms with van der Waals surface area (Å²) in [7, 11) is 1.47. The lowest BCUT2D eigenvalue weighted by atomic mass is 10.1. The maximum absolute atomic E-state index is 12.4. The quantitative estimate of drug-likeness (QED) is 0.506. The molecule has 1 aromatic heterocycles. The fourth-order valence-electron chi connectivity index (χ4n) is 2.62. The van der Waals surface area contributed by atoms with Gasteiger partial charge in [-0.15, -0.1) is 11.3 Å². The summed E-state index contributed by atoms with van der Waals surface area (Å²) in [5.41, 5.74) is 1.59. The van der Waals surface area contributed by atoms with E-state index in [1.807, 2.05) is 13.8 Å². The summed E-state index contributed by atoms with van der Waals surface area (Å²) < 4.78 is 15.8. The van der Waals surface area contributed by atoms with Gasteiger partial charge in [0.15, 0.2) is 18.1 Å². The molecule has 0 saturated carbocycles. The van der Waals surface area contributed by atoms with Crippen LogP contribution in [0, 0.1) is 6.92 Å².